The van der Waals surface area contributed by atoms with E-state index in [4.69, 9.17) is 24.4 Å². The number of H-pyrrole nitrogens is 1. The normalized spacial score (nSPS) is 20.2. The van der Waals surface area contributed by atoms with Crippen molar-refractivity contribution in [3.63, 3.8) is 0 Å². The van der Waals surface area contributed by atoms with Crippen molar-refractivity contribution in [3.05, 3.63) is 36.3 Å². The number of aromatic amines is 1. The van der Waals surface area contributed by atoms with Gasteiger partial charge in [0, 0.05) is 61.9 Å². The summed E-state index contributed by atoms with van der Waals surface area (Å²) in [5, 5.41) is 4.09. The number of piperidine rings is 1. The first-order valence-electron chi connectivity index (χ1n) is 13.9. The summed E-state index contributed by atoms with van der Waals surface area (Å²) in [7, 11) is 0. The summed E-state index contributed by atoms with van der Waals surface area (Å²) in [6.45, 7) is 9.10. The average Bonchev–Trinajstić information content (AvgIpc) is 3.60. The Kier molecular flexibility index (Phi) is 6.21. The Morgan fingerprint density at radius 1 is 1.05 bits per heavy atom. The molecule has 0 aliphatic carbocycles. The predicted molar refractivity (Wildman–Crippen MR) is 148 cm³/mol. The van der Waals surface area contributed by atoms with Crippen LogP contribution < -0.4 is 10.2 Å². The van der Waals surface area contributed by atoms with Crippen LogP contribution in [0.15, 0.2) is 30.5 Å². The van der Waals surface area contributed by atoms with Gasteiger partial charge in [0.25, 0.3) is 0 Å². The van der Waals surface area contributed by atoms with Gasteiger partial charge in [-0.2, -0.15) is 0 Å². The second kappa shape index (κ2) is 9.89. The third-order valence-corrected chi connectivity index (χ3v) is 8.37. The number of fused-ring (bicyclic) bond motifs is 2. The first kappa shape index (κ1) is 24.5. The number of anilines is 1. The van der Waals surface area contributed by atoms with Gasteiger partial charge in [-0.05, 0) is 31.9 Å². The molecule has 39 heavy (non-hydrogen) atoms. The van der Waals surface area contributed by atoms with E-state index in [0.717, 1.165) is 91.4 Å². The number of nitrogens with zero attached hydrogens (tertiary/aromatic N) is 6. The highest BCUT2D eigenvalue weighted by atomic mass is 16.5. The van der Waals surface area contributed by atoms with Gasteiger partial charge in [0.15, 0.2) is 22.8 Å². The van der Waals surface area contributed by atoms with Crippen LogP contribution in [-0.4, -0.2) is 93.5 Å². The zero-order valence-electron chi connectivity index (χ0n) is 22.3. The summed E-state index contributed by atoms with van der Waals surface area (Å²) in [5.74, 6) is 2.57. The van der Waals surface area contributed by atoms with Crippen LogP contribution in [0.25, 0.3) is 33.5 Å². The lowest BCUT2D eigenvalue weighted by atomic mass is 9.90. The van der Waals surface area contributed by atoms with Gasteiger partial charge in [-0.25, -0.2) is 15.0 Å². The number of nitrogens with one attached hydrogen (secondary N) is 2. The molecule has 1 amide bonds. The van der Waals surface area contributed by atoms with Crippen LogP contribution in [0.2, 0.25) is 0 Å². The molecule has 3 fully saturated rings. The Hall–Kier alpha value is -3.54. The van der Waals surface area contributed by atoms with Crippen LogP contribution >= 0.6 is 0 Å². The van der Waals surface area contributed by atoms with E-state index in [0.29, 0.717) is 25.6 Å². The van der Waals surface area contributed by atoms with Gasteiger partial charge in [-0.3, -0.25) is 9.69 Å². The van der Waals surface area contributed by atoms with Crippen molar-refractivity contribution < 1.29 is 14.3 Å². The number of hydrogen-bond acceptors (Lipinski definition) is 8. The molecule has 0 radical (unpaired) electrons. The zero-order valence-corrected chi connectivity index (χ0v) is 22.3. The van der Waals surface area contributed by atoms with Crippen molar-refractivity contribution >= 4 is 33.8 Å². The summed E-state index contributed by atoms with van der Waals surface area (Å²) in [6.07, 6.45) is 3.74. The van der Waals surface area contributed by atoms with Crippen molar-refractivity contribution in [1.82, 2.24) is 34.7 Å². The highest BCUT2D eigenvalue weighted by Gasteiger charge is 2.39. The summed E-state index contributed by atoms with van der Waals surface area (Å²) in [4.78, 5) is 35.0. The van der Waals surface area contributed by atoms with Crippen LogP contribution in [-0.2, 0) is 27.4 Å². The Morgan fingerprint density at radius 3 is 2.67 bits per heavy atom. The fourth-order valence-corrected chi connectivity index (χ4v) is 6.10. The molecule has 11 nitrogen and oxygen atoms in total. The molecule has 2 N–H and O–H groups in total. The van der Waals surface area contributed by atoms with E-state index in [9.17, 15) is 4.79 Å². The number of aryl methyl sites for hydroxylation is 1. The van der Waals surface area contributed by atoms with Gasteiger partial charge in [0.2, 0.25) is 5.91 Å². The standard InChI is InChI=1S/C28H34N8O3/c1-2-36-22(16-34-10-7-28(8-11-34)18-30-23(37)17-39-28)31-24-26(35-12-14-38-15-13-35)32-25(33-27(24)36)20-4-3-5-21-19(20)6-9-29-21/h3-6,9,29H,2,7-8,10-18H2,1H3,(H,30,37). The number of imidazole rings is 1. The van der Waals surface area contributed by atoms with E-state index in [2.05, 4.69) is 49.8 Å². The Labute approximate surface area is 226 Å². The lowest BCUT2D eigenvalue weighted by Gasteiger charge is -2.43. The highest BCUT2D eigenvalue weighted by molar-refractivity contribution is 5.95. The Bertz CT molecular complexity index is 1500. The quantitative estimate of drug-likeness (QED) is 0.404. The second-order valence-electron chi connectivity index (χ2n) is 10.7. The maximum absolute atomic E-state index is 11.6. The van der Waals surface area contributed by atoms with Gasteiger partial charge in [-0.15, -0.1) is 0 Å². The van der Waals surface area contributed by atoms with E-state index in [1.54, 1.807) is 0 Å². The molecule has 0 unspecified atom stereocenters. The minimum Gasteiger partial charge on any atom is -0.378 e. The largest absolute Gasteiger partial charge is 0.378 e. The molecule has 204 valence electrons. The van der Waals surface area contributed by atoms with E-state index in [1.165, 1.54) is 0 Å². The molecule has 7 rings (SSSR count). The smallest absolute Gasteiger partial charge is 0.246 e. The number of hydrogen-bond donors (Lipinski definition) is 2. The maximum Gasteiger partial charge on any atom is 0.246 e. The predicted octanol–water partition coefficient (Wildman–Crippen LogP) is 2.31. The lowest BCUT2D eigenvalue weighted by Crippen LogP contribution is -2.57. The number of benzene rings is 1. The van der Waals surface area contributed by atoms with Crippen molar-refractivity contribution in [2.45, 2.75) is 38.5 Å². The summed E-state index contributed by atoms with van der Waals surface area (Å²) >= 11 is 0. The third kappa shape index (κ3) is 4.44. The molecule has 3 aliphatic rings. The molecule has 6 heterocycles. The monoisotopic (exact) mass is 530 g/mol. The van der Waals surface area contributed by atoms with E-state index in [-0.39, 0.29) is 18.1 Å². The molecular formula is C28H34N8O3. The number of rotatable bonds is 5. The fraction of sp³-hybridized carbons (Fsp3) is 0.500. The molecule has 4 aromatic rings. The van der Waals surface area contributed by atoms with Gasteiger partial charge >= 0.3 is 0 Å². The number of morpholine rings is 2. The van der Waals surface area contributed by atoms with Crippen LogP contribution in [0, 0.1) is 0 Å². The third-order valence-electron chi connectivity index (χ3n) is 8.37. The molecule has 1 spiro atoms. The number of carbonyl (C=O) groups is 1. The SMILES string of the molecule is CCn1c(CN2CCC3(CC2)CNC(=O)CO3)nc2c(N3CCOCC3)nc(-c3cccc4[nH]ccc34)nc21. The fourth-order valence-electron chi connectivity index (χ4n) is 6.10. The van der Waals surface area contributed by atoms with Crippen molar-refractivity contribution in [2.24, 2.45) is 0 Å². The number of aromatic nitrogens is 5. The number of carbonyl (C=O) groups excluding carboxylic acids is 1. The van der Waals surface area contributed by atoms with E-state index < -0.39 is 0 Å². The van der Waals surface area contributed by atoms with Crippen LogP contribution in [0.1, 0.15) is 25.6 Å². The topological polar surface area (TPSA) is 113 Å². The molecule has 3 saturated heterocycles. The number of ether oxygens (including phenoxy) is 2. The molecule has 11 heteroatoms. The second-order valence-corrected chi connectivity index (χ2v) is 10.7. The van der Waals surface area contributed by atoms with Crippen molar-refractivity contribution in [2.75, 3.05) is 57.4 Å². The Morgan fingerprint density at radius 2 is 1.90 bits per heavy atom. The highest BCUT2D eigenvalue weighted by Crippen LogP contribution is 2.33. The van der Waals surface area contributed by atoms with Crippen molar-refractivity contribution in [1.29, 1.82) is 0 Å². The first-order chi connectivity index (χ1) is 19.1. The lowest BCUT2D eigenvalue weighted by molar-refractivity contribution is -0.150. The zero-order chi connectivity index (χ0) is 26.4. The van der Waals surface area contributed by atoms with Gasteiger partial charge in [-0.1, -0.05) is 12.1 Å². The molecule has 3 aromatic heterocycles. The van der Waals surface area contributed by atoms with E-state index in [1.807, 2.05) is 12.3 Å². The number of amides is 1. The molecule has 0 bridgehead atoms. The molecule has 3 aliphatic heterocycles. The van der Waals surface area contributed by atoms with E-state index >= 15 is 0 Å². The average molecular weight is 531 g/mol. The summed E-state index contributed by atoms with van der Waals surface area (Å²) in [6, 6.07) is 8.29. The summed E-state index contributed by atoms with van der Waals surface area (Å²) < 4.78 is 13.9. The first-order valence-corrected chi connectivity index (χ1v) is 13.9. The Balaban J connectivity index is 1.25. The number of likely N-dealkylation sites (tertiary alicyclic amines) is 1. The summed E-state index contributed by atoms with van der Waals surface area (Å²) in [5.41, 5.74) is 3.57. The van der Waals surface area contributed by atoms with Gasteiger partial charge < -0.3 is 29.2 Å². The maximum atomic E-state index is 11.6. The molecule has 0 saturated carbocycles. The molecule has 0 atom stereocenters. The van der Waals surface area contributed by atoms with Gasteiger partial charge in [0.05, 0.1) is 25.4 Å². The minimum atomic E-state index is -0.238. The minimum absolute atomic E-state index is 0.0241. The molecule has 1 aromatic carbocycles. The van der Waals surface area contributed by atoms with Crippen LogP contribution in [0.4, 0.5) is 5.82 Å². The molecular weight excluding hydrogens is 496 g/mol. The van der Waals surface area contributed by atoms with Gasteiger partial charge in [0.1, 0.15) is 12.4 Å². The van der Waals surface area contributed by atoms with Crippen molar-refractivity contribution in [3.8, 4) is 11.4 Å². The van der Waals surface area contributed by atoms with Crippen LogP contribution in [0.5, 0.6) is 0 Å². The van der Waals surface area contributed by atoms with Crippen LogP contribution in [0.3, 0.4) is 0 Å².